The molecule has 4 heteroatoms. The van der Waals surface area contributed by atoms with Gasteiger partial charge in [-0.1, -0.05) is 18.2 Å². The normalized spacial score (nSPS) is 18.2. The summed E-state index contributed by atoms with van der Waals surface area (Å²) < 4.78 is 18.8. The summed E-state index contributed by atoms with van der Waals surface area (Å²) in [6, 6.07) is 5.30. The van der Waals surface area contributed by atoms with Crippen LogP contribution in [0.2, 0.25) is 0 Å². The van der Waals surface area contributed by atoms with E-state index in [-0.39, 0.29) is 11.8 Å². The third-order valence-corrected chi connectivity index (χ3v) is 3.59. The third kappa shape index (κ3) is 2.19. The van der Waals surface area contributed by atoms with Gasteiger partial charge in [0.1, 0.15) is 11.9 Å². The topological polar surface area (TPSA) is 46.5 Å². The first-order valence-corrected chi connectivity index (χ1v) is 6.03. The molecule has 0 saturated heterocycles. The van der Waals surface area contributed by atoms with Crippen LogP contribution in [0.15, 0.2) is 18.2 Å². The van der Waals surface area contributed by atoms with Gasteiger partial charge in [0.25, 0.3) is 0 Å². The van der Waals surface area contributed by atoms with Gasteiger partial charge < -0.3 is 9.84 Å². The molecule has 1 aromatic rings. The number of para-hydroxylation sites is 1. The molecule has 18 heavy (non-hydrogen) atoms. The van der Waals surface area contributed by atoms with Crippen molar-refractivity contribution < 1.29 is 19.0 Å². The minimum Gasteiger partial charge on any atom is -0.496 e. The molecule has 1 unspecified atom stereocenters. The van der Waals surface area contributed by atoms with Crippen molar-refractivity contribution in [1.82, 2.24) is 0 Å². The SMILES string of the molecule is COc1c(C(C)F)cccc1C1(CC(=O)O)CC1. The lowest BCUT2D eigenvalue weighted by molar-refractivity contribution is -0.137. The average molecular weight is 252 g/mol. The van der Waals surface area contributed by atoms with E-state index in [1.54, 1.807) is 12.1 Å². The second-order valence-corrected chi connectivity index (χ2v) is 4.89. The number of hydrogen-bond acceptors (Lipinski definition) is 2. The second kappa shape index (κ2) is 4.59. The Morgan fingerprint density at radius 2 is 2.22 bits per heavy atom. The number of carboxylic acids is 1. The molecule has 1 aliphatic carbocycles. The molecule has 2 rings (SSSR count). The third-order valence-electron chi connectivity index (χ3n) is 3.59. The molecule has 1 atom stereocenters. The van der Waals surface area contributed by atoms with Crippen molar-refractivity contribution in [2.45, 2.75) is 37.8 Å². The van der Waals surface area contributed by atoms with Crippen LogP contribution < -0.4 is 4.74 Å². The fourth-order valence-electron chi connectivity index (χ4n) is 2.50. The number of aliphatic carboxylic acids is 1. The van der Waals surface area contributed by atoms with Crippen molar-refractivity contribution in [2.24, 2.45) is 0 Å². The molecule has 0 spiro atoms. The molecule has 1 saturated carbocycles. The van der Waals surface area contributed by atoms with Crippen molar-refractivity contribution in [2.75, 3.05) is 7.11 Å². The highest BCUT2D eigenvalue weighted by Gasteiger charge is 2.48. The molecule has 1 aliphatic rings. The fraction of sp³-hybridized carbons (Fsp3) is 0.500. The summed E-state index contributed by atoms with van der Waals surface area (Å²) in [5.74, 6) is -0.320. The van der Waals surface area contributed by atoms with E-state index in [4.69, 9.17) is 9.84 Å². The molecule has 0 heterocycles. The Labute approximate surface area is 106 Å². The number of benzene rings is 1. The molecule has 98 valence electrons. The Balaban J connectivity index is 2.45. The van der Waals surface area contributed by atoms with E-state index in [9.17, 15) is 9.18 Å². The lowest BCUT2D eigenvalue weighted by Gasteiger charge is -2.20. The summed E-state index contributed by atoms with van der Waals surface area (Å²) in [6.45, 7) is 1.46. The predicted molar refractivity (Wildman–Crippen MR) is 65.7 cm³/mol. The van der Waals surface area contributed by atoms with Gasteiger partial charge in [0.2, 0.25) is 0 Å². The maximum absolute atomic E-state index is 13.5. The van der Waals surface area contributed by atoms with E-state index in [1.807, 2.05) is 6.07 Å². The zero-order valence-corrected chi connectivity index (χ0v) is 10.6. The van der Waals surface area contributed by atoms with E-state index in [1.165, 1.54) is 14.0 Å². The fourth-order valence-corrected chi connectivity index (χ4v) is 2.50. The maximum atomic E-state index is 13.5. The highest BCUT2D eigenvalue weighted by Crippen LogP contribution is 2.54. The molecule has 0 aliphatic heterocycles. The van der Waals surface area contributed by atoms with Gasteiger partial charge in [-0.15, -0.1) is 0 Å². The molecule has 1 aromatic carbocycles. The Kier molecular flexibility index (Phi) is 3.28. The van der Waals surface area contributed by atoms with E-state index >= 15 is 0 Å². The minimum absolute atomic E-state index is 0.0769. The summed E-state index contributed by atoms with van der Waals surface area (Å²) in [4.78, 5) is 10.9. The van der Waals surface area contributed by atoms with Crippen LogP contribution in [0.1, 0.15) is 43.5 Å². The van der Waals surface area contributed by atoms with Gasteiger partial charge in [-0.3, -0.25) is 4.79 Å². The van der Waals surface area contributed by atoms with Crippen LogP contribution in [-0.2, 0) is 10.2 Å². The number of halogens is 1. The van der Waals surface area contributed by atoms with Gasteiger partial charge in [-0.25, -0.2) is 4.39 Å². The Bertz CT molecular complexity index is 464. The van der Waals surface area contributed by atoms with E-state index in [0.29, 0.717) is 11.3 Å². The summed E-state index contributed by atoms with van der Waals surface area (Å²) in [5.41, 5.74) is 0.961. The van der Waals surface area contributed by atoms with Gasteiger partial charge in [0.15, 0.2) is 0 Å². The van der Waals surface area contributed by atoms with Gasteiger partial charge in [-0.2, -0.15) is 0 Å². The van der Waals surface area contributed by atoms with E-state index in [2.05, 4.69) is 0 Å². The summed E-state index contributed by atoms with van der Waals surface area (Å²) in [6.07, 6.45) is 0.591. The van der Waals surface area contributed by atoms with Crippen LogP contribution >= 0.6 is 0 Å². The average Bonchev–Trinajstić information content (AvgIpc) is 3.07. The quantitative estimate of drug-likeness (QED) is 0.875. The number of methoxy groups -OCH3 is 1. The van der Waals surface area contributed by atoms with Crippen LogP contribution in [0.5, 0.6) is 5.75 Å². The number of carbonyl (C=O) groups is 1. The lowest BCUT2D eigenvalue weighted by Crippen LogP contribution is -2.15. The molecule has 1 N–H and O–H groups in total. The van der Waals surface area contributed by atoms with Crippen LogP contribution in [0.3, 0.4) is 0 Å². The first-order chi connectivity index (χ1) is 8.50. The largest absolute Gasteiger partial charge is 0.496 e. The number of carboxylic acid groups (broad SMARTS) is 1. The smallest absolute Gasteiger partial charge is 0.304 e. The van der Waals surface area contributed by atoms with Crippen molar-refractivity contribution in [3.8, 4) is 5.75 Å². The van der Waals surface area contributed by atoms with Gasteiger partial charge in [-0.05, 0) is 19.8 Å². The van der Waals surface area contributed by atoms with Crippen LogP contribution in [0.4, 0.5) is 4.39 Å². The number of ether oxygens (including phenoxy) is 1. The van der Waals surface area contributed by atoms with Gasteiger partial charge in [0, 0.05) is 16.5 Å². The van der Waals surface area contributed by atoms with E-state index < -0.39 is 12.1 Å². The van der Waals surface area contributed by atoms with Gasteiger partial charge >= 0.3 is 5.97 Å². The highest BCUT2D eigenvalue weighted by molar-refractivity contribution is 5.71. The Morgan fingerprint density at radius 1 is 1.56 bits per heavy atom. The number of rotatable bonds is 5. The summed E-state index contributed by atoms with van der Waals surface area (Å²) >= 11 is 0. The predicted octanol–water partition coefficient (Wildman–Crippen LogP) is 3.23. The first kappa shape index (κ1) is 12.9. The zero-order chi connectivity index (χ0) is 13.3. The second-order valence-electron chi connectivity index (χ2n) is 4.89. The number of hydrogen-bond donors (Lipinski definition) is 1. The lowest BCUT2D eigenvalue weighted by atomic mass is 9.89. The van der Waals surface area contributed by atoms with Gasteiger partial charge in [0.05, 0.1) is 13.5 Å². The van der Waals surface area contributed by atoms with Crippen molar-refractivity contribution >= 4 is 5.97 Å². The first-order valence-electron chi connectivity index (χ1n) is 6.03. The summed E-state index contributed by atoms with van der Waals surface area (Å²) in [7, 11) is 1.50. The molecular weight excluding hydrogens is 235 g/mol. The standard InChI is InChI=1S/C14H17FO3/c1-9(15)10-4-3-5-11(13(10)18-2)14(6-7-14)8-12(16)17/h3-5,9H,6-8H2,1-2H3,(H,16,17). The van der Waals surface area contributed by atoms with Crippen LogP contribution in [0, 0.1) is 0 Å². The molecular formula is C14H17FO3. The zero-order valence-electron chi connectivity index (χ0n) is 10.6. The van der Waals surface area contributed by atoms with Crippen LogP contribution in [0.25, 0.3) is 0 Å². The number of alkyl halides is 1. The van der Waals surface area contributed by atoms with Crippen LogP contribution in [-0.4, -0.2) is 18.2 Å². The monoisotopic (exact) mass is 252 g/mol. The maximum Gasteiger partial charge on any atom is 0.304 e. The summed E-state index contributed by atoms with van der Waals surface area (Å²) in [5, 5.41) is 8.98. The van der Waals surface area contributed by atoms with Crippen molar-refractivity contribution in [3.63, 3.8) is 0 Å². The molecule has 1 fully saturated rings. The Hall–Kier alpha value is -1.58. The molecule has 0 radical (unpaired) electrons. The molecule has 3 nitrogen and oxygen atoms in total. The van der Waals surface area contributed by atoms with Crippen molar-refractivity contribution in [3.05, 3.63) is 29.3 Å². The molecule has 0 amide bonds. The van der Waals surface area contributed by atoms with E-state index in [0.717, 1.165) is 18.4 Å². The minimum atomic E-state index is -1.12. The van der Waals surface area contributed by atoms with Crippen molar-refractivity contribution in [1.29, 1.82) is 0 Å². The molecule has 0 bridgehead atoms. The molecule has 0 aromatic heterocycles. The Morgan fingerprint density at radius 3 is 2.67 bits per heavy atom. The highest BCUT2D eigenvalue weighted by atomic mass is 19.1.